The van der Waals surface area contributed by atoms with Crippen molar-refractivity contribution < 1.29 is 4.74 Å². The van der Waals surface area contributed by atoms with E-state index in [9.17, 15) is 4.79 Å². The quantitative estimate of drug-likeness (QED) is 0.737. The zero-order valence-corrected chi connectivity index (χ0v) is 11.9. The van der Waals surface area contributed by atoms with Gasteiger partial charge in [0.05, 0.1) is 6.10 Å². The van der Waals surface area contributed by atoms with Gasteiger partial charge in [0.1, 0.15) is 5.82 Å². The summed E-state index contributed by atoms with van der Waals surface area (Å²) in [6, 6.07) is 3.69. The van der Waals surface area contributed by atoms with E-state index in [-0.39, 0.29) is 5.69 Å². The number of H-pyrrole nitrogens is 1. The first-order valence-corrected chi connectivity index (χ1v) is 7.29. The second kappa shape index (κ2) is 6.23. The molecule has 3 rings (SSSR count). The maximum atomic E-state index is 11.5. The van der Waals surface area contributed by atoms with Crippen LogP contribution in [-0.2, 0) is 4.74 Å². The molecule has 3 N–H and O–H groups in total. The number of piperidine rings is 1. The summed E-state index contributed by atoms with van der Waals surface area (Å²) in [5.74, 6) is 0.798. The van der Waals surface area contributed by atoms with E-state index in [4.69, 9.17) is 10.5 Å². The topological polar surface area (TPSA) is 102 Å². The monoisotopic (exact) mass is 292 g/mol. The average molecular weight is 292 g/mol. The predicted octanol–water partition coefficient (Wildman–Crippen LogP) is -0.248. The third-order valence-corrected chi connectivity index (χ3v) is 3.73. The fraction of sp³-hybridized carbons (Fsp3) is 0.615. The van der Waals surface area contributed by atoms with Crippen LogP contribution in [0.4, 0.5) is 5.82 Å². The van der Waals surface area contributed by atoms with Gasteiger partial charge in [-0.25, -0.2) is 9.89 Å². The largest absolute Gasteiger partial charge is 0.378 e. The van der Waals surface area contributed by atoms with E-state index < -0.39 is 0 Å². The lowest BCUT2D eigenvalue weighted by molar-refractivity contribution is 0.0365. The van der Waals surface area contributed by atoms with E-state index in [0.29, 0.717) is 18.3 Å². The van der Waals surface area contributed by atoms with Crippen molar-refractivity contribution >= 4 is 11.5 Å². The normalized spacial score (nSPS) is 16.7. The molecule has 0 atom stereocenters. The number of fused-ring (bicyclic) bond motifs is 1. The van der Waals surface area contributed by atoms with Crippen LogP contribution in [0.3, 0.4) is 0 Å². The first kappa shape index (κ1) is 14.0. The third-order valence-electron chi connectivity index (χ3n) is 3.73. The molecule has 3 heterocycles. The molecule has 8 nitrogen and oxygen atoms in total. The molecule has 0 amide bonds. The molecule has 1 fully saturated rings. The highest BCUT2D eigenvalue weighted by molar-refractivity contribution is 5.45. The molecular weight excluding hydrogens is 272 g/mol. The van der Waals surface area contributed by atoms with E-state index in [2.05, 4.69) is 20.2 Å². The van der Waals surface area contributed by atoms with Crippen LogP contribution < -0.4 is 16.3 Å². The number of nitrogens with one attached hydrogen (secondary N) is 1. The first-order chi connectivity index (χ1) is 10.3. The van der Waals surface area contributed by atoms with Gasteiger partial charge >= 0.3 is 5.69 Å². The Bertz CT molecular complexity index is 643. The Balaban J connectivity index is 1.62. The van der Waals surface area contributed by atoms with Crippen molar-refractivity contribution in [3.8, 4) is 0 Å². The zero-order valence-electron chi connectivity index (χ0n) is 11.9. The molecule has 0 unspecified atom stereocenters. The van der Waals surface area contributed by atoms with Crippen LogP contribution in [0.15, 0.2) is 16.9 Å². The Morgan fingerprint density at radius 3 is 2.95 bits per heavy atom. The SMILES string of the molecule is NCCCOC1CCN(c2ccc3n[nH]c(=O)n3n2)CC1. The number of hydrogen-bond donors (Lipinski definition) is 2. The Morgan fingerprint density at radius 2 is 2.19 bits per heavy atom. The molecule has 1 aliphatic rings. The summed E-state index contributed by atoms with van der Waals surface area (Å²) in [7, 11) is 0. The number of aromatic nitrogens is 4. The van der Waals surface area contributed by atoms with Crippen LogP contribution in [0.2, 0.25) is 0 Å². The smallest absolute Gasteiger partial charge is 0.364 e. The minimum absolute atomic E-state index is 0.299. The Hall–Kier alpha value is -1.93. The van der Waals surface area contributed by atoms with Crippen molar-refractivity contribution in [1.82, 2.24) is 19.8 Å². The summed E-state index contributed by atoms with van der Waals surface area (Å²) in [6.45, 7) is 3.15. The minimum Gasteiger partial charge on any atom is -0.378 e. The van der Waals surface area contributed by atoms with Crippen LogP contribution in [0.5, 0.6) is 0 Å². The Morgan fingerprint density at radius 1 is 1.38 bits per heavy atom. The lowest BCUT2D eigenvalue weighted by atomic mass is 10.1. The number of hydrogen-bond acceptors (Lipinski definition) is 6. The number of nitrogens with zero attached hydrogens (tertiary/aromatic N) is 4. The first-order valence-electron chi connectivity index (χ1n) is 7.29. The van der Waals surface area contributed by atoms with Crippen LogP contribution in [0, 0.1) is 0 Å². The lowest BCUT2D eigenvalue weighted by Gasteiger charge is -2.32. The molecule has 2 aromatic heterocycles. The number of anilines is 1. The van der Waals surface area contributed by atoms with Gasteiger partial charge in [0.25, 0.3) is 0 Å². The molecule has 2 aromatic rings. The van der Waals surface area contributed by atoms with Gasteiger partial charge in [0.15, 0.2) is 5.65 Å². The summed E-state index contributed by atoms with van der Waals surface area (Å²) in [6.07, 6.45) is 3.13. The summed E-state index contributed by atoms with van der Waals surface area (Å²) in [5.41, 5.74) is 5.68. The van der Waals surface area contributed by atoms with Gasteiger partial charge in [0.2, 0.25) is 0 Å². The second-order valence-corrected chi connectivity index (χ2v) is 5.19. The summed E-state index contributed by atoms with van der Waals surface area (Å²) in [4.78, 5) is 13.7. The predicted molar refractivity (Wildman–Crippen MR) is 78.5 cm³/mol. The Labute approximate surface area is 121 Å². The van der Waals surface area contributed by atoms with Gasteiger partial charge in [-0.05, 0) is 37.9 Å². The van der Waals surface area contributed by atoms with Gasteiger partial charge in [0, 0.05) is 19.7 Å². The molecule has 114 valence electrons. The zero-order chi connectivity index (χ0) is 14.7. The number of ether oxygens (including phenoxy) is 1. The van der Waals surface area contributed by atoms with Crippen LogP contribution in [-0.4, -0.2) is 52.2 Å². The molecule has 1 aliphatic heterocycles. The lowest BCUT2D eigenvalue weighted by Crippen LogP contribution is -2.38. The highest BCUT2D eigenvalue weighted by atomic mass is 16.5. The average Bonchev–Trinajstić information content (AvgIpc) is 2.89. The Kier molecular flexibility index (Phi) is 4.16. The van der Waals surface area contributed by atoms with Gasteiger partial charge in [-0.3, -0.25) is 0 Å². The third kappa shape index (κ3) is 3.06. The van der Waals surface area contributed by atoms with Gasteiger partial charge in [-0.1, -0.05) is 0 Å². The molecule has 0 spiro atoms. The van der Waals surface area contributed by atoms with E-state index in [1.807, 2.05) is 6.07 Å². The number of aromatic amines is 1. The van der Waals surface area contributed by atoms with Crippen molar-refractivity contribution in [2.45, 2.75) is 25.4 Å². The van der Waals surface area contributed by atoms with E-state index in [0.717, 1.165) is 44.8 Å². The minimum atomic E-state index is -0.313. The molecule has 8 heteroatoms. The van der Waals surface area contributed by atoms with Crippen molar-refractivity contribution in [1.29, 1.82) is 0 Å². The maximum Gasteiger partial charge on any atom is 0.364 e. The van der Waals surface area contributed by atoms with Crippen molar-refractivity contribution in [2.75, 3.05) is 31.1 Å². The van der Waals surface area contributed by atoms with Crippen LogP contribution in [0.25, 0.3) is 5.65 Å². The van der Waals surface area contributed by atoms with Gasteiger partial charge in [-0.15, -0.1) is 5.10 Å². The molecule has 21 heavy (non-hydrogen) atoms. The molecule has 0 aliphatic carbocycles. The molecule has 0 bridgehead atoms. The van der Waals surface area contributed by atoms with Crippen molar-refractivity contribution in [3.05, 3.63) is 22.6 Å². The van der Waals surface area contributed by atoms with Crippen molar-refractivity contribution in [2.24, 2.45) is 5.73 Å². The fourth-order valence-electron chi connectivity index (χ4n) is 2.55. The number of nitrogens with two attached hydrogens (primary N) is 1. The van der Waals surface area contributed by atoms with Crippen LogP contribution >= 0.6 is 0 Å². The van der Waals surface area contributed by atoms with Gasteiger partial charge in [-0.2, -0.15) is 9.61 Å². The second-order valence-electron chi connectivity index (χ2n) is 5.19. The maximum absolute atomic E-state index is 11.5. The molecule has 1 saturated heterocycles. The van der Waals surface area contributed by atoms with E-state index in [1.165, 1.54) is 4.52 Å². The number of rotatable bonds is 5. The fourth-order valence-corrected chi connectivity index (χ4v) is 2.55. The van der Waals surface area contributed by atoms with E-state index in [1.54, 1.807) is 6.07 Å². The van der Waals surface area contributed by atoms with Crippen molar-refractivity contribution in [3.63, 3.8) is 0 Å². The summed E-state index contributed by atoms with van der Waals surface area (Å²) >= 11 is 0. The highest BCUT2D eigenvalue weighted by Gasteiger charge is 2.21. The molecular formula is C13H20N6O2. The standard InChI is InChI=1S/C13H20N6O2/c14-6-1-9-21-10-4-7-18(8-5-10)12-3-2-11-15-16-13(20)19(11)17-12/h2-3,10H,1,4-9,14H2,(H,16,20). The van der Waals surface area contributed by atoms with E-state index >= 15 is 0 Å². The summed E-state index contributed by atoms with van der Waals surface area (Å²) < 4.78 is 7.08. The molecule has 0 radical (unpaired) electrons. The summed E-state index contributed by atoms with van der Waals surface area (Å²) in [5, 5.41) is 10.6. The van der Waals surface area contributed by atoms with Crippen LogP contribution in [0.1, 0.15) is 19.3 Å². The molecule has 0 aromatic carbocycles. The van der Waals surface area contributed by atoms with Gasteiger partial charge < -0.3 is 15.4 Å². The molecule has 0 saturated carbocycles. The highest BCUT2D eigenvalue weighted by Crippen LogP contribution is 2.19.